The van der Waals surface area contributed by atoms with Crippen molar-refractivity contribution < 1.29 is 18.1 Å². The van der Waals surface area contributed by atoms with Crippen LogP contribution in [0.2, 0.25) is 0 Å². The molecule has 2 aromatic carbocycles. The number of nitrogens with one attached hydrogen (secondary N) is 1. The number of halogens is 3. The minimum Gasteiger partial charge on any atom is -0.355 e. The molecule has 0 atom stereocenters. The molecule has 1 N–H and O–H groups in total. The average Bonchev–Trinajstić information content (AvgIpc) is 2.46. The van der Waals surface area contributed by atoms with E-state index in [9.17, 15) is 23.3 Å². The highest BCUT2D eigenvalue weighted by Gasteiger charge is 2.30. The second-order valence-electron chi connectivity index (χ2n) is 4.34. The van der Waals surface area contributed by atoms with Crippen molar-refractivity contribution in [2.75, 3.05) is 5.32 Å². The summed E-state index contributed by atoms with van der Waals surface area (Å²) in [5, 5.41) is 22.2. The van der Waals surface area contributed by atoms with E-state index in [1.807, 2.05) is 0 Å². The van der Waals surface area contributed by atoms with Crippen molar-refractivity contribution in [3.63, 3.8) is 0 Å². The highest BCUT2D eigenvalue weighted by molar-refractivity contribution is 5.65. The number of nitrogens with zero attached hydrogens (tertiary/aromatic N) is 2. The summed E-state index contributed by atoms with van der Waals surface area (Å²) in [5.41, 5.74) is -0.870. The molecule has 0 aliphatic carbocycles. The summed E-state index contributed by atoms with van der Waals surface area (Å²) in [4.78, 5) is 10.1. The third-order valence-electron chi connectivity index (χ3n) is 2.74. The molecule has 0 spiro atoms. The maximum absolute atomic E-state index is 12.6. The van der Waals surface area contributed by atoms with E-state index < -0.39 is 16.7 Å². The Kier molecular flexibility index (Phi) is 3.99. The SMILES string of the molecule is N#Cc1cc(Nc2cccc(C(F)(F)F)c2)cc([N+](=O)[O-])c1. The van der Waals surface area contributed by atoms with Crippen molar-refractivity contribution in [1.82, 2.24) is 0 Å². The fourth-order valence-corrected chi connectivity index (χ4v) is 1.79. The van der Waals surface area contributed by atoms with Crippen LogP contribution < -0.4 is 5.32 Å². The number of benzene rings is 2. The number of nitro groups is 1. The van der Waals surface area contributed by atoms with E-state index in [0.717, 1.165) is 24.3 Å². The molecule has 8 heteroatoms. The monoisotopic (exact) mass is 307 g/mol. The molecule has 0 saturated heterocycles. The molecule has 2 aromatic rings. The molecule has 22 heavy (non-hydrogen) atoms. The van der Waals surface area contributed by atoms with E-state index in [4.69, 9.17) is 5.26 Å². The van der Waals surface area contributed by atoms with Crippen molar-refractivity contribution in [3.05, 3.63) is 63.7 Å². The van der Waals surface area contributed by atoms with Crippen molar-refractivity contribution in [3.8, 4) is 6.07 Å². The average molecular weight is 307 g/mol. The van der Waals surface area contributed by atoms with E-state index in [1.165, 1.54) is 18.2 Å². The molecule has 0 unspecified atom stereocenters. The number of anilines is 2. The third kappa shape index (κ3) is 3.52. The quantitative estimate of drug-likeness (QED) is 0.680. The van der Waals surface area contributed by atoms with Crippen molar-refractivity contribution in [2.45, 2.75) is 6.18 Å². The molecular formula is C14H8F3N3O2. The Balaban J connectivity index is 2.37. The lowest BCUT2D eigenvalue weighted by Crippen LogP contribution is -2.05. The van der Waals surface area contributed by atoms with Crippen LogP contribution in [0.1, 0.15) is 11.1 Å². The smallest absolute Gasteiger partial charge is 0.355 e. The number of nitro benzene ring substituents is 1. The molecule has 2 rings (SSSR count). The molecule has 0 saturated carbocycles. The Morgan fingerprint density at radius 2 is 1.86 bits per heavy atom. The summed E-state index contributed by atoms with van der Waals surface area (Å²) >= 11 is 0. The first kappa shape index (κ1) is 15.3. The van der Waals surface area contributed by atoms with Crippen LogP contribution in [0.4, 0.5) is 30.2 Å². The third-order valence-corrected chi connectivity index (χ3v) is 2.74. The minimum absolute atomic E-state index is 0.0312. The topological polar surface area (TPSA) is 79.0 Å². The van der Waals surface area contributed by atoms with Crippen LogP contribution in [0.5, 0.6) is 0 Å². The fraction of sp³-hybridized carbons (Fsp3) is 0.0714. The van der Waals surface area contributed by atoms with Crippen molar-refractivity contribution >= 4 is 17.1 Å². The van der Waals surface area contributed by atoms with Gasteiger partial charge in [-0.05, 0) is 24.3 Å². The zero-order valence-electron chi connectivity index (χ0n) is 10.9. The molecule has 0 radical (unpaired) electrons. The zero-order valence-corrected chi connectivity index (χ0v) is 10.9. The van der Waals surface area contributed by atoms with Gasteiger partial charge in [0.1, 0.15) is 0 Å². The Hall–Kier alpha value is -3.08. The van der Waals surface area contributed by atoms with E-state index in [1.54, 1.807) is 6.07 Å². The van der Waals surface area contributed by atoms with Gasteiger partial charge in [-0.15, -0.1) is 0 Å². The minimum atomic E-state index is -4.49. The Bertz CT molecular complexity index is 767. The Morgan fingerprint density at radius 3 is 2.45 bits per heavy atom. The van der Waals surface area contributed by atoms with Gasteiger partial charge in [0.15, 0.2) is 0 Å². The first-order chi connectivity index (χ1) is 10.3. The lowest BCUT2D eigenvalue weighted by atomic mass is 10.1. The second kappa shape index (κ2) is 5.73. The molecular weight excluding hydrogens is 299 g/mol. The molecule has 0 fully saturated rings. The van der Waals surface area contributed by atoms with Gasteiger partial charge in [0.05, 0.1) is 22.1 Å². The molecule has 0 heterocycles. The zero-order chi connectivity index (χ0) is 16.3. The van der Waals surface area contributed by atoms with Gasteiger partial charge in [-0.25, -0.2) is 0 Å². The van der Waals surface area contributed by atoms with Crippen LogP contribution in [-0.2, 0) is 6.18 Å². The maximum atomic E-state index is 12.6. The normalized spacial score (nSPS) is 10.8. The number of rotatable bonds is 3. The van der Waals surface area contributed by atoms with Crippen LogP contribution in [0.25, 0.3) is 0 Å². The molecule has 0 bridgehead atoms. The van der Waals surface area contributed by atoms with Crippen LogP contribution >= 0.6 is 0 Å². The Labute approximate surface area is 122 Å². The van der Waals surface area contributed by atoms with Crippen LogP contribution in [0.15, 0.2) is 42.5 Å². The molecule has 0 aromatic heterocycles. The van der Waals surface area contributed by atoms with Crippen molar-refractivity contribution in [1.29, 1.82) is 5.26 Å². The highest BCUT2D eigenvalue weighted by atomic mass is 19.4. The van der Waals surface area contributed by atoms with E-state index in [2.05, 4.69) is 5.32 Å². The van der Waals surface area contributed by atoms with Gasteiger partial charge in [-0.2, -0.15) is 18.4 Å². The highest BCUT2D eigenvalue weighted by Crippen LogP contribution is 2.32. The predicted octanol–water partition coefficient (Wildman–Crippen LogP) is 4.23. The van der Waals surface area contributed by atoms with Gasteiger partial charge in [-0.1, -0.05) is 6.07 Å². The van der Waals surface area contributed by atoms with Gasteiger partial charge >= 0.3 is 6.18 Å². The lowest BCUT2D eigenvalue weighted by molar-refractivity contribution is -0.384. The number of non-ortho nitro benzene ring substituents is 1. The van der Waals surface area contributed by atoms with E-state index in [-0.39, 0.29) is 22.6 Å². The molecule has 0 aliphatic rings. The molecule has 0 aliphatic heterocycles. The van der Waals surface area contributed by atoms with Crippen LogP contribution in [0, 0.1) is 21.4 Å². The second-order valence-corrected chi connectivity index (χ2v) is 4.34. The Morgan fingerprint density at radius 1 is 1.14 bits per heavy atom. The first-order valence-corrected chi connectivity index (χ1v) is 5.93. The van der Waals surface area contributed by atoms with Gasteiger partial charge in [-0.3, -0.25) is 10.1 Å². The molecule has 5 nitrogen and oxygen atoms in total. The number of nitriles is 1. The summed E-state index contributed by atoms with van der Waals surface area (Å²) < 4.78 is 37.9. The predicted molar refractivity (Wildman–Crippen MR) is 72.5 cm³/mol. The van der Waals surface area contributed by atoms with Gasteiger partial charge < -0.3 is 5.32 Å². The van der Waals surface area contributed by atoms with Gasteiger partial charge in [0.2, 0.25) is 0 Å². The molecule has 0 amide bonds. The van der Waals surface area contributed by atoms with Gasteiger partial charge in [0, 0.05) is 23.5 Å². The van der Waals surface area contributed by atoms with Gasteiger partial charge in [0.25, 0.3) is 5.69 Å². The standard InChI is InChI=1S/C14H8F3N3O2/c15-14(16,17)10-2-1-3-11(6-10)19-12-4-9(8-18)5-13(7-12)20(21)22/h1-7,19H. The fourth-order valence-electron chi connectivity index (χ4n) is 1.79. The van der Waals surface area contributed by atoms with Crippen molar-refractivity contribution in [2.24, 2.45) is 0 Å². The first-order valence-electron chi connectivity index (χ1n) is 5.93. The van der Waals surface area contributed by atoms with E-state index >= 15 is 0 Å². The molecule has 112 valence electrons. The summed E-state index contributed by atoms with van der Waals surface area (Å²) in [7, 11) is 0. The largest absolute Gasteiger partial charge is 0.416 e. The number of hydrogen-bond donors (Lipinski definition) is 1. The summed E-state index contributed by atoms with van der Waals surface area (Å²) in [6.07, 6.45) is -4.49. The maximum Gasteiger partial charge on any atom is 0.416 e. The lowest BCUT2D eigenvalue weighted by Gasteiger charge is -2.10. The van der Waals surface area contributed by atoms with Crippen LogP contribution in [-0.4, -0.2) is 4.92 Å². The summed E-state index contributed by atoms with van der Waals surface area (Å²) in [6.45, 7) is 0. The number of alkyl halides is 3. The number of hydrogen-bond acceptors (Lipinski definition) is 4. The van der Waals surface area contributed by atoms with Crippen LogP contribution in [0.3, 0.4) is 0 Å². The van der Waals surface area contributed by atoms with E-state index in [0.29, 0.717) is 0 Å². The summed E-state index contributed by atoms with van der Waals surface area (Å²) in [5.74, 6) is 0. The summed E-state index contributed by atoms with van der Waals surface area (Å²) in [6, 6.07) is 9.69.